The summed E-state index contributed by atoms with van der Waals surface area (Å²) in [5, 5.41) is 9.77. The van der Waals surface area contributed by atoms with E-state index in [4.69, 9.17) is 0 Å². The lowest BCUT2D eigenvalue weighted by Crippen LogP contribution is -2.45. The molecule has 122 valence electrons. The second kappa shape index (κ2) is 6.36. The molecule has 7 heteroatoms. The zero-order valence-electron chi connectivity index (χ0n) is 13.0. The van der Waals surface area contributed by atoms with Crippen LogP contribution in [-0.2, 0) is 12.0 Å². The maximum Gasteiger partial charge on any atom is 0.315 e. The lowest BCUT2D eigenvalue weighted by Gasteiger charge is -2.19. The van der Waals surface area contributed by atoms with Crippen LogP contribution in [-0.4, -0.2) is 33.4 Å². The van der Waals surface area contributed by atoms with Gasteiger partial charge in [-0.3, -0.25) is 4.68 Å². The fourth-order valence-electron chi connectivity index (χ4n) is 2.71. The van der Waals surface area contributed by atoms with Crippen LogP contribution in [0.3, 0.4) is 0 Å². The highest BCUT2D eigenvalue weighted by Gasteiger charge is 2.44. The van der Waals surface area contributed by atoms with Gasteiger partial charge in [0.1, 0.15) is 18.5 Å². The number of rotatable bonds is 6. The van der Waals surface area contributed by atoms with Crippen LogP contribution in [0.15, 0.2) is 36.9 Å². The predicted octanol–water partition coefficient (Wildman–Crippen LogP) is 1.84. The number of urea groups is 1. The lowest BCUT2D eigenvalue weighted by atomic mass is 9.96. The summed E-state index contributed by atoms with van der Waals surface area (Å²) in [5.41, 5.74) is 0.836. The molecular weight excluding hydrogens is 297 g/mol. The standard InChI is InChI=1S/C16H20FN5O/c1-12(8-22-11-18-10-20-22)21-15(23)19-9-16(5-6-16)13-3-2-4-14(17)7-13/h2-4,7,10-12H,5-6,8-9H2,1H3,(H2,19,21,23). The van der Waals surface area contributed by atoms with Gasteiger partial charge in [0.2, 0.25) is 0 Å². The number of aromatic nitrogens is 3. The van der Waals surface area contributed by atoms with E-state index >= 15 is 0 Å². The van der Waals surface area contributed by atoms with E-state index in [1.165, 1.54) is 12.4 Å². The van der Waals surface area contributed by atoms with Gasteiger partial charge in [0.05, 0.1) is 6.54 Å². The fraction of sp³-hybridized carbons (Fsp3) is 0.438. The molecule has 1 aromatic heterocycles. The lowest BCUT2D eigenvalue weighted by molar-refractivity contribution is 0.235. The molecule has 2 amide bonds. The minimum Gasteiger partial charge on any atom is -0.337 e. The normalized spacial score (nSPS) is 16.6. The maximum absolute atomic E-state index is 13.4. The molecule has 1 aliphatic carbocycles. The summed E-state index contributed by atoms with van der Waals surface area (Å²) >= 11 is 0. The number of carbonyl (C=O) groups is 1. The average molecular weight is 317 g/mol. The SMILES string of the molecule is CC(Cn1cncn1)NC(=O)NCC1(c2cccc(F)c2)CC1. The summed E-state index contributed by atoms with van der Waals surface area (Å²) in [6.07, 6.45) is 5.00. The van der Waals surface area contributed by atoms with Crippen LogP contribution in [0.2, 0.25) is 0 Å². The van der Waals surface area contributed by atoms with Crippen molar-refractivity contribution in [3.63, 3.8) is 0 Å². The van der Waals surface area contributed by atoms with Gasteiger partial charge in [-0.2, -0.15) is 5.10 Å². The number of benzene rings is 1. The number of nitrogens with zero attached hydrogens (tertiary/aromatic N) is 3. The van der Waals surface area contributed by atoms with Gasteiger partial charge < -0.3 is 10.6 Å². The Balaban J connectivity index is 1.49. The van der Waals surface area contributed by atoms with Crippen molar-refractivity contribution in [2.75, 3.05) is 6.54 Å². The Labute approximate surface area is 134 Å². The van der Waals surface area contributed by atoms with E-state index in [1.54, 1.807) is 23.1 Å². The molecule has 1 unspecified atom stereocenters. The Morgan fingerprint density at radius 2 is 2.30 bits per heavy atom. The second-order valence-corrected chi connectivity index (χ2v) is 6.14. The highest BCUT2D eigenvalue weighted by atomic mass is 19.1. The summed E-state index contributed by atoms with van der Waals surface area (Å²) < 4.78 is 15.0. The van der Waals surface area contributed by atoms with Crippen molar-refractivity contribution in [1.82, 2.24) is 25.4 Å². The zero-order valence-corrected chi connectivity index (χ0v) is 13.0. The van der Waals surface area contributed by atoms with E-state index in [0.29, 0.717) is 13.1 Å². The molecule has 2 aromatic rings. The Morgan fingerprint density at radius 3 is 2.96 bits per heavy atom. The summed E-state index contributed by atoms with van der Waals surface area (Å²) in [5.74, 6) is -0.236. The van der Waals surface area contributed by atoms with E-state index in [9.17, 15) is 9.18 Å². The number of carbonyl (C=O) groups excluding carboxylic acids is 1. The second-order valence-electron chi connectivity index (χ2n) is 6.14. The Hall–Kier alpha value is -2.44. The van der Waals surface area contributed by atoms with E-state index in [2.05, 4.69) is 20.7 Å². The third-order valence-corrected chi connectivity index (χ3v) is 4.18. The first-order valence-corrected chi connectivity index (χ1v) is 7.70. The highest BCUT2D eigenvalue weighted by molar-refractivity contribution is 5.74. The van der Waals surface area contributed by atoms with Crippen LogP contribution in [0.5, 0.6) is 0 Å². The van der Waals surface area contributed by atoms with Gasteiger partial charge >= 0.3 is 6.03 Å². The maximum atomic E-state index is 13.4. The van der Waals surface area contributed by atoms with E-state index < -0.39 is 0 Å². The molecule has 1 heterocycles. The molecular formula is C16H20FN5O. The first-order chi connectivity index (χ1) is 11.1. The van der Waals surface area contributed by atoms with Crippen LogP contribution in [0, 0.1) is 5.82 Å². The van der Waals surface area contributed by atoms with Crippen molar-refractivity contribution in [2.45, 2.75) is 37.8 Å². The number of amides is 2. The van der Waals surface area contributed by atoms with Crippen molar-refractivity contribution in [2.24, 2.45) is 0 Å². The monoisotopic (exact) mass is 317 g/mol. The quantitative estimate of drug-likeness (QED) is 0.854. The van der Waals surface area contributed by atoms with Gasteiger partial charge in [0.15, 0.2) is 0 Å². The molecule has 3 rings (SSSR count). The highest BCUT2D eigenvalue weighted by Crippen LogP contribution is 2.47. The van der Waals surface area contributed by atoms with Crippen molar-refractivity contribution >= 4 is 6.03 Å². The molecule has 1 aliphatic rings. The van der Waals surface area contributed by atoms with E-state index in [0.717, 1.165) is 18.4 Å². The summed E-state index contributed by atoms with van der Waals surface area (Å²) in [7, 11) is 0. The van der Waals surface area contributed by atoms with Crippen LogP contribution in [0.4, 0.5) is 9.18 Å². The molecule has 1 fully saturated rings. The first kappa shape index (κ1) is 15.5. The third kappa shape index (κ3) is 3.85. The van der Waals surface area contributed by atoms with E-state index in [-0.39, 0.29) is 23.3 Å². The van der Waals surface area contributed by atoms with Crippen LogP contribution in [0.25, 0.3) is 0 Å². The average Bonchev–Trinajstić information content (AvgIpc) is 3.15. The Kier molecular flexibility index (Phi) is 4.27. The molecule has 0 radical (unpaired) electrons. The van der Waals surface area contributed by atoms with Crippen molar-refractivity contribution < 1.29 is 9.18 Å². The van der Waals surface area contributed by atoms with Gasteiger partial charge in [-0.05, 0) is 37.5 Å². The molecule has 23 heavy (non-hydrogen) atoms. The minimum absolute atomic E-state index is 0.0685. The number of nitrogens with one attached hydrogen (secondary N) is 2. The molecule has 0 spiro atoms. The predicted molar refractivity (Wildman–Crippen MR) is 83.3 cm³/mol. The Bertz CT molecular complexity index is 669. The molecule has 0 aliphatic heterocycles. The minimum atomic E-state index is -0.236. The van der Waals surface area contributed by atoms with Crippen molar-refractivity contribution in [1.29, 1.82) is 0 Å². The first-order valence-electron chi connectivity index (χ1n) is 7.70. The van der Waals surface area contributed by atoms with Gasteiger partial charge in [-0.15, -0.1) is 0 Å². The summed E-state index contributed by atoms with van der Waals surface area (Å²) in [6, 6.07) is 6.33. The Morgan fingerprint density at radius 1 is 1.48 bits per heavy atom. The molecule has 1 aromatic carbocycles. The van der Waals surface area contributed by atoms with Crippen LogP contribution >= 0.6 is 0 Å². The van der Waals surface area contributed by atoms with Gasteiger partial charge in [-0.1, -0.05) is 12.1 Å². The van der Waals surface area contributed by atoms with Crippen molar-refractivity contribution in [3.8, 4) is 0 Å². The molecule has 1 saturated carbocycles. The smallest absolute Gasteiger partial charge is 0.315 e. The molecule has 1 atom stereocenters. The van der Waals surface area contributed by atoms with E-state index in [1.807, 2.05) is 13.0 Å². The van der Waals surface area contributed by atoms with Gasteiger partial charge in [-0.25, -0.2) is 14.2 Å². The van der Waals surface area contributed by atoms with Crippen molar-refractivity contribution in [3.05, 3.63) is 48.3 Å². The number of hydrogen-bond acceptors (Lipinski definition) is 3. The summed E-state index contributed by atoms with van der Waals surface area (Å²) in [6.45, 7) is 2.97. The van der Waals surface area contributed by atoms with Crippen LogP contribution < -0.4 is 10.6 Å². The topological polar surface area (TPSA) is 71.8 Å². The van der Waals surface area contributed by atoms with Gasteiger partial charge in [0.25, 0.3) is 0 Å². The molecule has 2 N–H and O–H groups in total. The largest absolute Gasteiger partial charge is 0.337 e. The number of halogens is 1. The van der Waals surface area contributed by atoms with Crippen LogP contribution in [0.1, 0.15) is 25.3 Å². The number of hydrogen-bond donors (Lipinski definition) is 2. The molecule has 6 nitrogen and oxygen atoms in total. The summed E-state index contributed by atoms with van der Waals surface area (Å²) in [4.78, 5) is 15.9. The fourth-order valence-corrected chi connectivity index (χ4v) is 2.71. The zero-order chi connectivity index (χ0) is 16.3. The van der Waals surface area contributed by atoms with Gasteiger partial charge in [0, 0.05) is 18.0 Å². The third-order valence-electron chi connectivity index (χ3n) is 4.18. The molecule has 0 bridgehead atoms. The molecule has 0 saturated heterocycles.